The summed E-state index contributed by atoms with van der Waals surface area (Å²) in [5.74, 6) is -0.815. The molecule has 1 aliphatic heterocycles. The molecule has 0 spiro atoms. The van der Waals surface area contributed by atoms with Crippen molar-refractivity contribution >= 4 is 29.1 Å². The van der Waals surface area contributed by atoms with Gasteiger partial charge in [-0.2, -0.15) is 0 Å². The average molecular weight is 372 g/mol. The Hall–Kier alpha value is -2.40. The minimum absolute atomic E-state index is 0.140. The lowest BCUT2D eigenvalue weighted by molar-refractivity contribution is -0.146. The van der Waals surface area contributed by atoms with E-state index in [0.717, 1.165) is 24.0 Å². The van der Waals surface area contributed by atoms with Gasteiger partial charge >= 0.3 is 11.8 Å². The second kappa shape index (κ2) is 7.87. The fourth-order valence-corrected chi connectivity index (χ4v) is 3.57. The molecule has 2 atom stereocenters. The highest BCUT2D eigenvalue weighted by Gasteiger charge is 2.34. The Bertz CT molecular complexity index is 824. The molecule has 1 aliphatic rings. The van der Waals surface area contributed by atoms with Crippen LogP contribution in [0.3, 0.4) is 0 Å². The van der Waals surface area contributed by atoms with Crippen LogP contribution in [-0.2, 0) is 9.59 Å². The number of piperidine rings is 1. The van der Waals surface area contributed by atoms with Crippen molar-refractivity contribution in [3.63, 3.8) is 0 Å². The van der Waals surface area contributed by atoms with Crippen molar-refractivity contribution in [2.75, 3.05) is 11.9 Å². The van der Waals surface area contributed by atoms with E-state index in [1.54, 1.807) is 23.2 Å². The van der Waals surface area contributed by atoms with Crippen LogP contribution in [0.1, 0.15) is 36.9 Å². The number of rotatable bonds is 2. The van der Waals surface area contributed by atoms with Gasteiger partial charge in [0.2, 0.25) is 0 Å². The first kappa shape index (κ1) is 18.4. The summed E-state index contributed by atoms with van der Waals surface area (Å²) >= 11 is 6.12. The van der Waals surface area contributed by atoms with Gasteiger partial charge < -0.3 is 10.2 Å². The molecule has 26 heavy (non-hydrogen) atoms. The smallest absolute Gasteiger partial charge is 0.313 e. The zero-order valence-corrected chi connectivity index (χ0v) is 15.7. The van der Waals surface area contributed by atoms with Gasteiger partial charge in [0.15, 0.2) is 0 Å². The minimum atomic E-state index is -0.640. The summed E-state index contributed by atoms with van der Waals surface area (Å²) in [4.78, 5) is 31.1. The van der Waals surface area contributed by atoms with Crippen molar-refractivity contribution in [1.29, 1.82) is 0 Å². The normalized spacial score (nSPS) is 19.9. The van der Waals surface area contributed by atoms with Gasteiger partial charge in [-0.3, -0.25) is 14.6 Å². The maximum atomic E-state index is 12.9. The van der Waals surface area contributed by atoms with Crippen molar-refractivity contribution in [1.82, 2.24) is 9.88 Å². The molecule has 1 aromatic carbocycles. The van der Waals surface area contributed by atoms with Crippen LogP contribution in [0.5, 0.6) is 0 Å². The van der Waals surface area contributed by atoms with Gasteiger partial charge in [-0.25, -0.2) is 0 Å². The van der Waals surface area contributed by atoms with Crippen LogP contribution in [0.2, 0.25) is 5.02 Å². The zero-order chi connectivity index (χ0) is 18.7. The number of likely N-dealkylation sites (tertiary alicyclic amines) is 1. The highest BCUT2D eigenvalue weighted by molar-refractivity contribution is 6.39. The Labute approximate surface area is 158 Å². The molecule has 0 bridgehead atoms. The van der Waals surface area contributed by atoms with Gasteiger partial charge in [-0.15, -0.1) is 0 Å². The molecule has 1 aromatic heterocycles. The zero-order valence-electron chi connectivity index (χ0n) is 14.9. The summed E-state index contributed by atoms with van der Waals surface area (Å²) in [6.45, 7) is 4.53. The fourth-order valence-electron chi connectivity index (χ4n) is 3.38. The molecule has 0 unspecified atom stereocenters. The van der Waals surface area contributed by atoms with Crippen LogP contribution in [0, 0.1) is 12.8 Å². The standard InChI is InChI=1S/C20H22ClN3O2/c1-13-6-7-18(15-4-3-5-16(21)9-15)24(12-13)20(26)19(25)23-17-8-14(2)10-22-11-17/h3-5,8-11,13,18H,6-7,12H2,1-2H3,(H,23,25)/t13-,18+/m1/s1. The lowest BCUT2D eigenvalue weighted by atomic mass is 9.90. The molecule has 1 fully saturated rings. The number of anilines is 1. The number of nitrogens with one attached hydrogen (secondary N) is 1. The molecule has 0 radical (unpaired) electrons. The molecular weight excluding hydrogens is 350 g/mol. The van der Waals surface area contributed by atoms with E-state index >= 15 is 0 Å². The van der Waals surface area contributed by atoms with E-state index in [4.69, 9.17) is 11.6 Å². The van der Waals surface area contributed by atoms with Crippen LogP contribution in [-0.4, -0.2) is 28.2 Å². The molecule has 0 saturated carbocycles. The van der Waals surface area contributed by atoms with Gasteiger partial charge in [-0.1, -0.05) is 30.7 Å². The number of amides is 2. The number of hydrogen-bond donors (Lipinski definition) is 1. The molecule has 0 aliphatic carbocycles. The van der Waals surface area contributed by atoms with E-state index in [2.05, 4.69) is 17.2 Å². The van der Waals surface area contributed by atoms with E-state index in [1.165, 1.54) is 6.20 Å². The third-order valence-corrected chi connectivity index (χ3v) is 4.87. The number of aromatic nitrogens is 1. The predicted molar refractivity (Wildman–Crippen MR) is 102 cm³/mol. The van der Waals surface area contributed by atoms with Crippen LogP contribution >= 0.6 is 11.6 Å². The number of benzene rings is 1. The lowest BCUT2D eigenvalue weighted by Crippen LogP contribution is -2.46. The number of halogens is 1. The molecule has 3 rings (SSSR count). The average Bonchev–Trinajstić information content (AvgIpc) is 2.61. The van der Waals surface area contributed by atoms with Crippen molar-refractivity contribution in [3.05, 3.63) is 58.9 Å². The monoisotopic (exact) mass is 371 g/mol. The highest BCUT2D eigenvalue weighted by Crippen LogP contribution is 2.34. The van der Waals surface area contributed by atoms with Crippen molar-refractivity contribution in [2.45, 2.75) is 32.7 Å². The van der Waals surface area contributed by atoms with Crippen molar-refractivity contribution in [2.24, 2.45) is 5.92 Å². The van der Waals surface area contributed by atoms with Crippen molar-refractivity contribution in [3.8, 4) is 0 Å². The summed E-state index contributed by atoms with van der Waals surface area (Å²) in [5.41, 5.74) is 2.40. The Kier molecular flexibility index (Phi) is 5.57. The molecule has 5 nitrogen and oxygen atoms in total. The first-order chi connectivity index (χ1) is 12.4. The topological polar surface area (TPSA) is 62.3 Å². The van der Waals surface area contributed by atoms with E-state index in [1.807, 2.05) is 25.1 Å². The number of carbonyl (C=O) groups is 2. The number of aryl methyl sites for hydroxylation is 1. The summed E-state index contributed by atoms with van der Waals surface area (Å²) in [6.07, 6.45) is 5.04. The SMILES string of the molecule is Cc1cncc(NC(=O)C(=O)N2C[C@H](C)CC[C@H]2c2cccc(Cl)c2)c1. The minimum Gasteiger partial charge on any atom is -0.327 e. The molecular formula is C20H22ClN3O2. The fraction of sp³-hybridized carbons (Fsp3) is 0.350. The van der Waals surface area contributed by atoms with Gasteiger partial charge in [-0.05, 0) is 55.0 Å². The second-order valence-corrected chi connectivity index (χ2v) is 7.35. The Morgan fingerprint density at radius 3 is 2.77 bits per heavy atom. The van der Waals surface area contributed by atoms with Gasteiger partial charge in [0.05, 0.1) is 17.9 Å². The van der Waals surface area contributed by atoms with Crippen LogP contribution in [0.4, 0.5) is 5.69 Å². The summed E-state index contributed by atoms with van der Waals surface area (Å²) < 4.78 is 0. The first-order valence-electron chi connectivity index (χ1n) is 8.73. The number of nitrogens with zero attached hydrogens (tertiary/aromatic N) is 2. The third kappa shape index (κ3) is 4.22. The van der Waals surface area contributed by atoms with Crippen LogP contribution in [0.15, 0.2) is 42.7 Å². The van der Waals surface area contributed by atoms with Crippen LogP contribution < -0.4 is 5.32 Å². The lowest BCUT2D eigenvalue weighted by Gasteiger charge is -2.38. The molecule has 2 aromatic rings. The van der Waals surface area contributed by atoms with Gasteiger partial charge in [0, 0.05) is 17.8 Å². The Morgan fingerprint density at radius 2 is 2.04 bits per heavy atom. The molecule has 1 saturated heterocycles. The molecule has 1 N–H and O–H groups in total. The summed E-state index contributed by atoms with van der Waals surface area (Å²) in [7, 11) is 0. The maximum Gasteiger partial charge on any atom is 0.313 e. The third-order valence-electron chi connectivity index (χ3n) is 4.64. The molecule has 6 heteroatoms. The van der Waals surface area contributed by atoms with Crippen molar-refractivity contribution < 1.29 is 9.59 Å². The number of pyridine rings is 1. The predicted octanol–water partition coefficient (Wildman–Crippen LogP) is 3.98. The maximum absolute atomic E-state index is 12.9. The van der Waals surface area contributed by atoms with Gasteiger partial charge in [0.1, 0.15) is 0 Å². The van der Waals surface area contributed by atoms with E-state index in [0.29, 0.717) is 23.2 Å². The second-order valence-electron chi connectivity index (χ2n) is 6.92. The molecule has 2 amide bonds. The Morgan fingerprint density at radius 1 is 1.23 bits per heavy atom. The number of hydrogen-bond acceptors (Lipinski definition) is 3. The van der Waals surface area contributed by atoms with E-state index in [9.17, 15) is 9.59 Å². The van der Waals surface area contributed by atoms with E-state index < -0.39 is 11.8 Å². The van der Waals surface area contributed by atoms with E-state index in [-0.39, 0.29) is 6.04 Å². The summed E-state index contributed by atoms with van der Waals surface area (Å²) in [6, 6.07) is 9.14. The summed E-state index contributed by atoms with van der Waals surface area (Å²) in [5, 5.41) is 3.29. The molecule has 2 heterocycles. The van der Waals surface area contributed by atoms with Gasteiger partial charge in [0.25, 0.3) is 0 Å². The van der Waals surface area contributed by atoms with Crippen LogP contribution in [0.25, 0.3) is 0 Å². The molecule has 136 valence electrons. The number of carbonyl (C=O) groups excluding carboxylic acids is 2. The highest BCUT2D eigenvalue weighted by atomic mass is 35.5. The Balaban J connectivity index is 1.80. The quantitative estimate of drug-likeness (QED) is 0.812. The first-order valence-corrected chi connectivity index (χ1v) is 9.11. The largest absolute Gasteiger partial charge is 0.327 e.